The second-order valence-electron chi connectivity index (χ2n) is 9.12. The van der Waals surface area contributed by atoms with Crippen LogP contribution in [0.1, 0.15) is 44.2 Å². The molecule has 1 aromatic carbocycles. The van der Waals surface area contributed by atoms with E-state index in [1.54, 1.807) is 30.9 Å². The fraction of sp³-hybridized carbons (Fsp3) is 0.476. The first-order chi connectivity index (χ1) is 15.0. The third kappa shape index (κ3) is 3.18. The molecular formula is C21H28N6O4S. The molecule has 1 aliphatic carbocycles. The summed E-state index contributed by atoms with van der Waals surface area (Å²) in [4.78, 5) is 33.7. The lowest BCUT2D eigenvalue weighted by Crippen LogP contribution is -2.52. The van der Waals surface area contributed by atoms with Crippen LogP contribution in [0.25, 0.3) is 0 Å². The molecule has 0 radical (unpaired) electrons. The van der Waals surface area contributed by atoms with Crippen LogP contribution in [0.15, 0.2) is 38.9 Å². The average molecular weight is 461 g/mol. The molecule has 0 bridgehead atoms. The molecule has 0 unspecified atom stereocenters. The molecule has 2 aromatic rings. The van der Waals surface area contributed by atoms with Crippen LogP contribution in [0.5, 0.6) is 0 Å². The molecule has 1 saturated carbocycles. The molecule has 3 aliphatic rings. The van der Waals surface area contributed by atoms with Crippen molar-refractivity contribution in [2.75, 3.05) is 11.4 Å². The number of hydrogen-bond donors (Lipinski definition) is 1. The summed E-state index contributed by atoms with van der Waals surface area (Å²) in [5, 5.41) is 0. The van der Waals surface area contributed by atoms with Crippen LogP contribution in [-0.4, -0.2) is 52.7 Å². The van der Waals surface area contributed by atoms with Gasteiger partial charge in [-0.2, -0.15) is 0 Å². The molecule has 10 nitrogen and oxygen atoms in total. The number of hydrogen-bond acceptors (Lipinski definition) is 6. The summed E-state index contributed by atoms with van der Waals surface area (Å²) >= 11 is 0. The molecule has 1 aromatic heterocycles. The van der Waals surface area contributed by atoms with Crippen molar-refractivity contribution >= 4 is 27.6 Å². The van der Waals surface area contributed by atoms with E-state index in [9.17, 15) is 18.0 Å². The van der Waals surface area contributed by atoms with Gasteiger partial charge in [-0.05, 0) is 44.9 Å². The number of fused-ring (bicyclic) bond motifs is 3. The Hall–Kier alpha value is -2.92. The highest BCUT2D eigenvalue weighted by atomic mass is 32.2. The number of sulfonamides is 1. The molecule has 0 spiro atoms. The summed E-state index contributed by atoms with van der Waals surface area (Å²) in [6.07, 6.45) is 1.59. The molecule has 172 valence electrons. The Kier molecular flexibility index (Phi) is 4.44. The third-order valence-electron chi connectivity index (χ3n) is 6.58. The Morgan fingerprint density at radius 2 is 1.91 bits per heavy atom. The van der Waals surface area contributed by atoms with E-state index in [0.29, 0.717) is 29.4 Å². The van der Waals surface area contributed by atoms with Crippen molar-refractivity contribution in [2.45, 2.75) is 49.7 Å². The van der Waals surface area contributed by atoms with Gasteiger partial charge >= 0.3 is 0 Å². The van der Waals surface area contributed by atoms with Crippen LogP contribution in [-0.2, 0) is 30.7 Å². The fourth-order valence-electron chi connectivity index (χ4n) is 4.22. The highest BCUT2D eigenvalue weighted by molar-refractivity contribution is 7.89. The standard InChI is InChI=1S/C21H26N6O4S.H2/c1-13-11-22-20-26(12-14-9-18(28)25(4)24(14)3)19(29)16-10-15(5-6-17(16)27(13)20)32(30,31)23-21(2)7-8-21;/h5-6,9-10,13,23H,7-8,11-12H2,1-4H3;1H/t13-;/m1./s1. The van der Waals surface area contributed by atoms with Crippen molar-refractivity contribution < 1.29 is 14.6 Å². The number of carbonyl (C=O) groups is 1. The van der Waals surface area contributed by atoms with Crippen molar-refractivity contribution in [1.82, 2.24) is 19.0 Å². The van der Waals surface area contributed by atoms with Crippen molar-refractivity contribution in [2.24, 2.45) is 19.1 Å². The molecule has 1 amide bonds. The van der Waals surface area contributed by atoms with Gasteiger partial charge in [-0.15, -0.1) is 0 Å². The number of guanidine groups is 1. The minimum Gasteiger partial charge on any atom is -0.307 e. The van der Waals surface area contributed by atoms with Crippen molar-refractivity contribution in [1.29, 1.82) is 0 Å². The van der Waals surface area contributed by atoms with E-state index >= 15 is 0 Å². The van der Waals surface area contributed by atoms with E-state index < -0.39 is 15.6 Å². The molecule has 1 fully saturated rings. The van der Waals surface area contributed by atoms with Gasteiger partial charge in [-0.3, -0.25) is 28.8 Å². The molecule has 2 aliphatic heterocycles. The number of aromatic nitrogens is 2. The van der Waals surface area contributed by atoms with Gasteiger partial charge in [0.2, 0.25) is 16.0 Å². The molecule has 1 atom stereocenters. The van der Waals surface area contributed by atoms with Crippen LogP contribution in [0, 0.1) is 0 Å². The number of nitrogens with one attached hydrogen (secondary N) is 1. The second kappa shape index (κ2) is 6.79. The molecule has 11 heteroatoms. The largest absolute Gasteiger partial charge is 0.307 e. The van der Waals surface area contributed by atoms with Gasteiger partial charge in [-0.25, -0.2) is 13.1 Å². The smallest absolute Gasteiger partial charge is 0.266 e. The topological polar surface area (TPSA) is 109 Å². The zero-order valence-electron chi connectivity index (χ0n) is 18.5. The summed E-state index contributed by atoms with van der Waals surface area (Å²) in [6.45, 7) is 4.55. The van der Waals surface area contributed by atoms with Crippen molar-refractivity contribution in [3.8, 4) is 0 Å². The Labute approximate surface area is 187 Å². The lowest BCUT2D eigenvalue weighted by molar-refractivity contribution is 0.0830. The number of benzene rings is 1. The van der Waals surface area contributed by atoms with Crippen LogP contribution in [0.4, 0.5) is 5.69 Å². The fourth-order valence-corrected chi connectivity index (χ4v) is 5.72. The normalized spacial score (nSPS) is 21.4. The van der Waals surface area contributed by atoms with E-state index in [1.807, 2.05) is 18.7 Å². The molecule has 32 heavy (non-hydrogen) atoms. The Morgan fingerprint density at radius 1 is 1.19 bits per heavy atom. The average Bonchev–Trinajstić information content (AvgIpc) is 3.24. The summed E-state index contributed by atoms with van der Waals surface area (Å²) in [7, 11) is -0.339. The van der Waals surface area contributed by atoms with Gasteiger partial charge in [0, 0.05) is 27.1 Å². The first kappa shape index (κ1) is 21.0. The molecule has 0 saturated heterocycles. The van der Waals surface area contributed by atoms with Crippen LogP contribution in [0.2, 0.25) is 0 Å². The molecular weight excluding hydrogens is 432 g/mol. The predicted octanol–water partition coefficient (Wildman–Crippen LogP) is 1.02. The lowest BCUT2D eigenvalue weighted by Gasteiger charge is -2.38. The quantitative estimate of drug-likeness (QED) is 0.717. The highest BCUT2D eigenvalue weighted by Gasteiger charge is 2.43. The lowest BCUT2D eigenvalue weighted by atomic mass is 10.1. The summed E-state index contributed by atoms with van der Waals surface area (Å²) < 4.78 is 31.7. The first-order valence-corrected chi connectivity index (χ1v) is 12.0. The Morgan fingerprint density at radius 3 is 2.53 bits per heavy atom. The van der Waals surface area contributed by atoms with E-state index in [-0.39, 0.29) is 30.4 Å². The third-order valence-corrected chi connectivity index (χ3v) is 8.22. The number of carbonyl (C=O) groups excluding carboxylic acids is 1. The van der Waals surface area contributed by atoms with Crippen molar-refractivity contribution in [3.05, 3.63) is 45.9 Å². The van der Waals surface area contributed by atoms with E-state index in [0.717, 1.165) is 12.8 Å². The van der Waals surface area contributed by atoms with Gasteiger partial charge < -0.3 is 4.90 Å². The maximum atomic E-state index is 13.6. The van der Waals surface area contributed by atoms with Gasteiger partial charge in [0.25, 0.3) is 11.5 Å². The van der Waals surface area contributed by atoms with E-state index in [4.69, 9.17) is 0 Å². The second-order valence-corrected chi connectivity index (χ2v) is 10.8. The minimum absolute atomic E-state index is 0. The number of aliphatic imine (C=N–C) groups is 1. The van der Waals surface area contributed by atoms with Crippen LogP contribution < -0.4 is 15.2 Å². The maximum absolute atomic E-state index is 13.6. The summed E-state index contributed by atoms with van der Waals surface area (Å²) in [6, 6.07) is 6.19. The van der Waals surface area contributed by atoms with Crippen molar-refractivity contribution in [3.63, 3.8) is 0 Å². The SMILES string of the molecule is C[C@@H]1CN=C2N(Cc3cc(=O)n(C)n3C)C(=O)c3cc(S(=O)(=O)NC4(C)CC4)ccc3N21.[HH]. The molecule has 5 rings (SSSR count). The highest BCUT2D eigenvalue weighted by Crippen LogP contribution is 2.38. The number of nitrogens with zero attached hydrogens (tertiary/aromatic N) is 5. The Bertz CT molecular complexity index is 1340. The summed E-state index contributed by atoms with van der Waals surface area (Å²) in [5.74, 6) is 0.181. The van der Waals surface area contributed by atoms with E-state index in [2.05, 4.69) is 9.71 Å². The zero-order chi connectivity index (χ0) is 23.0. The minimum atomic E-state index is -3.75. The number of amides is 1. The summed E-state index contributed by atoms with van der Waals surface area (Å²) in [5.41, 5.74) is 1.03. The van der Waals surface area contributed by atoms with Gasteiger partial charge in [0.15, 0.2) is 0 Å². The van der Waals surface area contributed by atoms with Gasteiger partial charge in [-0.1, -0.05) is 0 Å². The van der Waals surface area contributed by atoms with Gasteiger partial charge in [0.1, 0.15) is 0 Å². The van der Waals surface area contributed by atoms with E-state index in [1.165, 1.54) is 21.7 Å². The zero-order valence-corrected chi connectivity index (χ0v) is 19.3. The van der Waals surface area contributed by atoms with Crippen LogP contribution in [0.3, 0.4) is 0 Å². The number of anilines is 1. The molecule has 1 N–H and O–H groups in total. The predicted molar refractivity (Wildman–Crippen MR) is 121 cm³/mol. The monoisotopic (exact) mass is 460 g/mol. The first-order valence-electron chi connectivity index (χ1n) is 10.6. The number of rotatable bonds is 5. The maximum Gasteiger partial charge on any atom is 0.266 e. The Balaban J connectivity index is 0.00000259. The molecule has 3 heterocycles. The van der Waals surface area contributed by atoms with Gasteiger partial charge in [0.05, 0.1) is 41.0 Å². The van der Waals surface area contributed by atoms with Crippen LogP contribution >= 0.6 is 0 Å².